The molecule has 1 aliphatic heterocycles. The quantitative estimate of drug-likeness (QED) is 0.727. The Labute approximate surface area is 137 Å². The molecule has 2 aromatic rings. The van der Waals surface area contributed by atoms with E-state index in [2.05, 4.69) is 5.32 Å². The zero-order chi connectivity index (χ0) is 15.0. The third kappa shape index (κ3) is 3.00. The van der Waals surface area contributed by atoms with Crippen molar-refractivity contribution in [2.45, 2.75) is 12.5 Å². The number of halogens is 3. The number of fused-ring (bicyclic) bond motifs is 1. The molecule has 0 spiro atoms. The largest absolute Gasteiger partial charge is 0.506 e. The van der Waals surface area contributed by atoms with Crippen LogP contribution in [0, 0.1) is 0 Å². The van der Waals surface area contributed by atoms with Crippen molar-refractivity contribution < 1.29 is 9.84 Å². The fraction of sp³-hybridized carbons (Fsp3) is 0.200. The van der Waals surface area contributed by atoms with Crippen LogP contribution in [-0.2, 0) is 0 Å². The van der Waals surface area contributed by atoms with Crippen molar-refractivity contribution >= 4 is 40.5 Å². The van der Waals surface area contributed by atoms with Crippen LogP contribution >= 0.6 is 34.8 Å². The molecule has 0 saturated carbocycles. The van der Waals surface area contributed by atoms with E-state index in [1.807, 2.05) is 6.07 Å². The van der Waals surface area contributed by atoms with Gasteiger partial charge in [-0.05, 0) is 30.3 Å². The van der Waals surface area contributed by atoms with Crippen LogP contribution in [0.2, 0.25) is 15.1 Å². The number of rotatable bonds is 2. The first-order valence-corrected chi connectivity index (χ1v) is 7.55. The number of benzene rings is 2. The minimum Gasteiger partial charge on any atom is -0.506 e. The Morgan fingerprint density at radius 2 is 1.90 bits per heavy atom. The van der Waals surface area contributed by atoms with Crippen molar-refractivity contribution in [1.29, 1.82) is 0 Å². The molecule has 0 radical (unpaired) electrons. The maximum absolute atomic E-state index is 9.47. The normalized spacial score (nSPS) is 17.0. The molecule has 3 nitrogen and oxygen atoms in total. The fourth-order valence-corrected chi connectivity index (χ4v) is 3.12. The van der Waals surface area contributed by atoms with Crippen molar-refractivity contribution in [2.75, 3.05) is 11.9 Å². The molecule has 2 N–H and O–H groups in total. The first-order valence-electron chi connectivity index (χ1n) is 6.41. The standard InChI is InChI=1S/C15H12Cl3NO2/c16-8-5-10-13(3-4-21-15(10)12(18)6-8)19-9-1-2-14(20)11(17)7-9/h1-2,5-7,13,19-20H,3-4H2. The highest BCUT2D eigenvalue weighted by Gasteiger charge is 2.24. The van der Waals surface area contributed by atoms with Gasteiger partial charge in [-0.1, -0.05) is 34.8 Å². The molecule has 6 heteroatoms. The summed E-state index contributed by atoms with van der Waals surface area (Å²) in [5.41, 5.74) is 1.73. The number of phenolic OH excluding ortho intramolecular Hbond substituents is 1. The van der Waals surface area contributed by atoms with Crippen LogP contribution in [0.15, 0.2) is 30.3 Å². The van der Waals surface area contributed by atoms with E-state index in [4.69, 9.17) is 39.5 Å². The lowest BCUT2D eigenvalue weighted by molar-refractivity contribution is 0.274. The second kappa shape index (κ2) is 5.84. The Bertz CT molecular complexity index is 691. The maximum atomic E-state index is 9.47. The Balaban J connectivity index is 1.93. The average molecular weight is 345 g/mol. The van der Waals surface area contributed by atoms with Gasteiger partial charge in [-0.25, -0.2) is 0 Å². The van der Waals surface area contributed by atoms with Gasteiger partial charge in [0.2, 0.25) is 0 Å². The molecule has 0 fully saturated rings. The van der Waals surface area contributed by atoms with Gasteiger partial charge in [0.05, 0.1) is 22.7 Å². The molecule has 0 aromatic heterocycles. The van der Waals surface area contributed by atoms with Crippen molar-refractivity contribution in [2.24, 2.45) is 0 Å². The Morgan fingerprint density at radius 3 is 2.67 bits per heavy atom. The van der Waals surface area contributed by atoms with E-state index in [1.54, 1.807) is 24.3 Å². The zero-order valence-electron chi connectivity index (χ0n) is 10.9. The molecule has 1 aliphatic rings. The van der Waals surface area contributed by atoms with Crippen molar-refractivity contribution in [1.82, 2.24) is 0 Å². The molecule has 0 amide bonds. The third-order valence-electron chi connectivity index (χ3n) is 3.35. The van der Waals surface area contributed by atoms with E-state index in [-0.39, 0.29) is 11.8 Å². The highest BCUT2D eigenvalue weighted by molar-refractivity contribution is 6.35. The molecule has 0 bridgehead atoms. The van der Waals surface area contributed by atoms with Gasteiger partial charge in [-0.2, -0.15) is 0 Å². The van der Waals surface area contributed by atoms with Crippen LogP contribution in [0.4, 0.5) is 5.69 Å². The highest BCUT2D eigenvalue weighted by Crippen LogP contribution is 2.41. The van der Waals surface area contributed by atoms with Gasteiger partial charge in [-0.3, -0.25) is 0 Å². The van der Waals surface area contributed by atoms with Gasteiger partial charge in [0.25, 0.3) is 0 Å². The fourth-order valence-electron chi connectivity index (χ4n) is 2.37. The summed E-state index contributed by atoms with van der Waals surface area (Å²) >= 11 is 18.2. The molecule has 1 unspecified atom stereocenters. The number of nitrogens with one attached hydrogen (secondary N) is 1. The molecular weight excluding hydrogens is 333 g/mol. The summed E-state index contributed by atoms with van der Waals surface area (Å²) in [6, 6.07) is 8.53. The number of anilines is 1. The number of phenols is 1. The lowest BCUT2D eigenvalue weighted by atomic mass is 10.00. The smallest absolute Gasteiger partial charge is 0.143 e. The number of hydrogen-bond acceptors (Lipinski definition) is 3. The van der Waals surface area contributed by atoms with E-state index in [1.165, 1.54) is 0 Å². The van der Waals surface area contributed by atoms with E-state index in [9.17, 15) is 5.11 Å². The minimum atomic E-state index is 0.0190. The first kappa shape index (κ1) is 14.6. The van der Waals surface area contributed by atoms with Crippen LogP contribution in [0.1, 0.15) is 18.0 Å². The Morgan fingerprint density at radius 1 is 1.10 bits per heavy atom. The lowest BCUT2D eigenvalue weighted by Gasteiger charge is -2.28. The van der Waals surface area contributed by atoms with Gasteiger partial charge < -0.3 is 15.2 Å². The predicted molar refractivity (Wildman–Crippen MR) is 86.1 cm³/mol. The molecule has 0 saturated heterocycles. The van der Waals surface area contributed by atoms with Gasteiger partial charge in [0.1, 0.15) is 11.5 Å². The molecule has 110 valence electrons. The van der Waals surface area contributed by atoms with Crippen LogP contribution in [0.3, 0.4) is 0 Å². The number of hydrogen-bond donors (Lipinski definition) is 2. The van der Waals surface area contributed by atoms with E-state index in [0.29, 0.717) is 27.4 Å². The minimum absolute atomic E-state index is 0.0190. The van der Waals surface area contributed by atoms with Crippen molar-refractivity contribution in [3.05, 3.63) is 51.0 Å². The van der Waals surface area contributed by atoms with E-state index >= 15 is 0 Å². The maximum Gasteiger partial charge on any atom is 0.143 e. The van der Waals surface area contributed by atoms with Crippen molar-refractivity contribution in [3.63, 3.8) is 0 Å². The SMILES string of the molecule is Oc1ccc(NC2CCOc3c(Cl)cc(Cl)cc32)cc1Cl. The molecule has 2 aromatic carbocycles. The summed E-state index contributed by atoms with van der Waals surface area (Å²) in [5, 5.41) is 14.2. The zero-order valence-corrected chi connectivity index (χ0v) is 13.1. The summed E-state index contributed by atoms with van der Waals surface area (Å²) < 4.78 is 5.62. The Kier molecular flexibility index (Phi) is 4.07. The summed E-state index contributed by atoms with van der Waals surface area (Å²) in [4.78, 5) is 0. The highest BCUT2D eigenvalue weighted by atomic mass is 35.5. The molecular formula is C15H12Cl3NO2. The average Bonchev–Trinajstić information content (AvgIpc) is 2.44. The summed E-state index contributed by atoms with van der Waals surface area (Å²) in [6.45, 7) is 0.567. The van der Waals surface area contributed by atoms with Gasteiger partial charge in [0.15, 0.2) is 0 Å². The molecule has 0 aliphatic carbocycles. The van der Waals surface area contributed by atoms with Gasteiger partial charge in [0, 0.05) is 22.7 Å². The Hall–Kier alpha value is -1.29. The van der Waals surface area contributed by atoms with Crippen LogP contribution in [0.25, 0.3) is 0 Å². The third-order valence-corrected chi connectivity index (χ3v) is 4.16. The van der Waals surface area contributed by atoms with Crippen molar-refractivity contribution in [3.8, 4) is 11.5 Å². The predicted octanol–water partition coefficient (Wildman–Crippen LogP) is 5.29. The van der Waals surface area contributed by atoms with Gasteiger partial charge in [-0.15, -0.1) is 0 Å². The monoisotopic (exact) mass is 343 g/mol. The molecule has 1 heterocycles. The first-order chi connectivity index (χ1) is 10.0. The summed E-state index contributed by atoms with van der Waals surface area (Å²) in [6.07, 6.45) is 0.780. The molecule has 1 atom stereocenters. The second-order valence-corrected chi connectivity index (χ2v) is 6.06. The van der Waals surface area contributed by atoms with Gasteiger partial charge >= 0.3 is 0 Å². The second-order valence-electron chi connectivity index (χ2n) is 4.81. The van der Waals surface area contributed by atoms with Crippen LogP contribution in [0.5, 0.6) is 11.5 Å². The molecule has 3 rings (SSSR count). The van der Waals surface area contributed by atoms with Crippen LogP contribution < -0.4 is 10.1 Å². The summed E-state index contributed by atoms with van der Waals surface area (Å²) in [5.74, 6) is 0.718. The van der Waals surface area contributed by atoms with E-state index < -0.39 is 0 Å². The van der Waals surface area contributed by atoms with E-state index in [0.717, 1.165) is 17.7 Å². The number of ether oxygens (including phenoxy) is 1. The topological polar surface area (TPSA) is 41.5 Å². The molecule has 21 heavy (non-hydrogen) atoms. The summed E-state index contributed by atoms with van der Waals surface area (Å²) in [7, 11) is 0. The van der Waals surface area contributed by atoms with Crippen LogP contribution in [-0.4, -0.2) is 11.7 Å². The lowest BCUT2D eigenvalue weighted by Crippen LogP contribution is -2.20. The number of aromatic hydroxyl groups is 1.